The Kier molecular flexibility index (Phi) is 8.05. The molecule has 1 aliphatic carbocycles. The molecule has 0 saturated heterocycles. The van der Waals surface area contributed by atoms with Crippen molar-refractivity contribution < 1.29 is 59.6 Å². The molecule has 0 spiro atoms. The summed E-state index contributed by atoms with van der Waals surface area (Å²) in [6.45, 7) is 0. The van der Waals surface area contributed by atoms with Gasteiger partial charge in [0.25, 0.3) is 0 Å². The van der Waals surface area contributed by atoms with Crippen LogP contribution in [0.1, 0.15) is 24.0 Å². The van der Waals surface area contributed by atoms with E-state index >= 15 is 0 Å². The van der Waals surface area contributed by atoms with Crippen molar-refractivity contribution in [3.8, 4) is 23.0 Å². The van der Waals surface area contributed by atoms with Gasteiger partial charge in [0, 0.05) is 18.6 Å². The van der Waals surface area contributed by atoms with Gasteiger partial charge < -0.3 is 45.2 Å². The number of phenolic OH excluding ortho intramolecular Hbond substituents is 4. The first-order chi connectivity index (χ1) is 17.4. The number of aromatic hydroxyl groups is 4. The first kappa shape index (κ1) is 27.0. The summed E-state index contributed by atoms with van der Waals surface area (Å²) in [5.74, 6) is -5.41. The second-order valence-corrected chi connectivity index (χ2v) is 8.23. The molecule has 0 radical (unpaired) electrons. The second-order valence-electron chi connectivity index (χ2n) is 8.23. The van der Waals surface area contributed by atoms with Gasteiger partial charge in [-0.25, -0.2) is 14.4 Å². The first-order valence-corrected chi connectivity index (χ1v) is 10.9. The Morgan fingerprint density at radius 1 is 0.811 bits per heavy atom. The Hall–Kier alpha value is -4.55. The van der Waals surface area contributed by atoms with Crippen molar-refractivity contribution in [2.45, 2.75) is 36.8 Å². The van der Waals surface area contributed by atoms with Crippen molar-refractivity contribution in [2.24, 2.45) is 0 Å². The molecule has 12 nitrogen and oxygen atoms in total. The number of hydrogen-bond donors (Lipinski definition) is 7. The lowest BCUT2D eigenvalue weighted by Crippen LogP contribution is -2.63. The van der Waals surface area contributed by atoms with Gasteiger partial charge in [-0.1, -0.05) is 12.1 Å². The van der Waals surface area contributed by atoms with E-state index in [0.717, 1.165) is 18.2 Å². The normalized spacial score (nSPS) is 23.7. The van der Waals surface area contributed by atoms with Gasteiger partial charge in [0.1, 0.15) is 18.3 Å². The lowest BCUT2D eigenvalue weighted by molar-refractivity contribution is -0.222. The molecule has 0 heterocycles. The molecular formula is C25H24O12. The molecule has 1 saturated carbocycles. The van der Waals surface area contributed by atoms with Crippen molar-refractivity contribution in [2.75, 3.05) is 0 Å². The van der Waals surface area contributed by atoms with Gasteiger partial charge >= 0.3 is 17.9 Å². The SMILES string of the molecule is O=C(C=Cc1ccc(O)c(O)c1)OC1CCC(OC(=O)C=Cc2ccc(O)c(O)c2)(C(=O)O)C(O)C1O. The number of aliphatic hydroxyl groups excluding tert-OH is 2. The Morgan fingerprint density at radius 2 is 1.32 bits per heavy atom. The molecule has 4 unspecified atom stereocenters. The Balaban J connectivity index is 1.66. The molecule has 7 N–H and O–H groups in total. The van der Waals surface area contributed by atoms with Gasteiger partial charge in [-0.15, -0.1) is 0 Å². The number of rotatable bonds is 7. The van der Waals surface area contributed by atoms with E-state index in [1.807, 2.05) is 0 Å². The number of phenols is 4. The zero-order valence-electron chi connectivity index (χ0n) is 19.1. The fourth-order valence-corrected chi connectivity index (χ4v) is 3.69. The molecule has 196 valence electrons. The van der Waals surface area contributed by atoms with E-state index in [1.54, 1.807) is 0 Å². The topological polar surface area (TPSA) is 211 Å². The van der Waals surface area contributed by atoms with Crippen LogP contribution in [0.3, 0.4) is 0 Å². The second kappa shape index (κ2) is 11.0. The van der Waals surface area contributed by atoms with Crippen LogP contribution in [-0.2, 0) is 23.9 Å². The number of ether oxygens (including phenoxy) is 2. The molecule has 1 fully saturated rings. The third-order valence-corrected chi connectivity index (χ3v) is 5.72. The highest BCUT2D eigenvalue weighted by molar-refractivity contribution is 5.91. The van der Waals surface area contributed by atoms with Crippen LogP contribution in [-0.4, -0.2) is 77.6 Å². The van der Waals surface area contributed by atoms with Crippen molar-refractivity contribution in [1.82, 2.24) is 0 Å². The van der Waals surface area contributed by atoms with E-state index in [4.69, 9.17) is 9.47 Å². The maximum Gasteiger partial charge on any atom is 0.351 e. The average Bonchev–Trinajstić information content (AvgIpc) is 2.85. The quantitative estimate of drug-likeness (QED) is 0.156. The molecule has 37 heavy (non-hydrogen) atoms. The van der Waals surface area contributed by atoms with Crippen molar-refractivity contribution in [3.05, 3.63) is 59.7 Å². The van der Waals surface area contributed by atoms with Crippen molar-refractivity contribution >= 4 is 30.1 Å². The third-order valence-electron chi connectivity index (χ3n) is 5.72. The number of benzene rings is 2. The fraction of sp³-hybridized carbons (Fsp3) is 0.240. The molecule has 12 heteroatoms. The fourth-order valence-electron chi connectivity index (χ4n) is 3.69. The van der Waals surface area contributed by atoms with Crippen LogP contribution in [0, 0.1) is 0 Å². The monoisotopic (exact) mass is 516 g/mol. The highest BCUT2D eigenvalue weighted by atomic mass is 16.6. The zero-order chi connectivity index (χ0) is 27.3. The van der Waals surface area contributed by atoms with E-state index in [9.17, 15) is 50.1 Å². The van der Waals surface area contributed by atoms with Crippen LogP contribution in [0.4, 0.5) is 0 Å². The van der Waals surface area contributed by atoms with Gasteiger partial charge in [0.2, 0.25) is 5.60 Å². The smallest absolute Gasteiger partial charge is 0.351 e. The summed E-state index contributed by atoms with van der Waals surface area (Å²) in [6, 6.07) is 7.48. The number of esters is 2. The Morgan fingerprint density at radius 3 is 1.81 bits per heavy atom. The molecule has 4 atom stereocenters. The maximum absolute atomic E-state index is 12.3. The predicted molar refractivity (Wildman–Crippen MR) is 125 cm³/mol. The molecule has 0 aliphatic heterocycles. The maximum atomic E-state index is 12.3. The zero-order valence-corrected chi connectivity index (χ0v) is 19.1. The first-order valence-electron chi connectivity index (χ1n) is 10.9. The molecular weight excluding hydrogens is 492 g/mol. The van der Waals surface area contributed by atoms with Gasteiger partial charge in [0.05, 0.1) is 0 Å². The van der Waals surface area contributed by atoms with Crippen LogP contribution in [0.2, 0.25) is 0 Å². The standard InChI is InChI=1S/C25H24O12/c26-15-5-1-13(11-17(15)28)3-7-20(30)36-19-9-10-25(24(34)35,23(33)22(19)32)37-21(31)8-4-14-2-6-16(27)18(29)12-14/h1-8,11-12,19,22-23,26-29,32-33H,9-10H2,(H,34,35). The lowest BCUT2D eigenvalue weighted by Gasteiger charge is -2.42. The van der Waals surface area contributed by atoms with Gasteiger partial charge in [-0.2, -0.15) is 0 Å². The number of carbonyl (C=O) groups excluding carboxylic acids is 2. The molecule has 2 aromatic rings. The molecule has 3 rings (SSSR count). The number of aliphatic hydroxyl groups is 2. The summed E-state index contributed by atoms with van der Waals surface area (Å²) >= 11 is 0. The lowest BCUT2D eigenvalue weighted by atomic mass is 9.78. The Labute approximate surface area is 209 Å². The number of hydrogen-bond acceptors (Lipinski definition) is 11. The van der Waals surface area contributed by atoms with E-state index < -0.39 is 59.7 Å². The summed E-state index contributed by atoms with van der Waals surface area (Å²) in [6.07, 6.45) is -1.90. The van der Waals surface area contributed by atoms with E-state index in [2.05, 4.69) is 0 Å². The number of aliphatic carboxylic acids is 1. The van der Waals surface area contributed by atoms with Gasteiger partial charge in [-0.3, -0.25) is 0 Å². The minimum absolute atomic E-state index is 0.271. The van der Waals surface area contributed by atoms with Crippen LogP contribution in [0.5, 0.6) is 23.0 Å². The Bertz CT molecular complexity index is 1250. The van der Waals surface area contributed by atoms with Crippen LogP contribution < -0.4 is 0 Å². The van der Waals surface area contributed by atoms with Crippen LogP contribution in [0.25, 0.3) is 12.2 Å². The number of carbonyl (C=O) groups is 3. The average molecular weight is 516 g/mol. The minimum Gasteiger partial charge on any atom is -0.504 e. The predicted octanol–water partition coefficient (Wildman–Crippen LogP) is 1.03. The molecule has 0 amide bonds. The van der Waals surface area contributed by atoms with Gasteiger partial charge in [-0.05, 0) is 54.0 Å². The summed E-state index contributed by atoms with van der Waals surface area (Å²) in [4.78, 5) is 36.5. The van der Waals surface area contributed by atoms with Crippen molar-refractivity contribution in [3.63, 3.8) is 0 Å². The molecule has 0 bridgehead atoms. The highest BCUT2D eigenvalue weighted by Crippen LogP contribution is 2.35. The summed E-state index contributed by atoms with van der Waals surface area (Å²) < 4.78 is 10.1. The van der Waals surface area contributed by atoms with E-state index in [0.29, 0.717) is 5.56 Å². The minimum atomic E-state index is -2.53. The summed E-state index contributed by atoms with van der Waals surface area (Å²) in [5, 5.41) is 68.4. The van der Waals surface area contributed by atoms with Crippen LogP contribution in [0.15, 0.2) is 48.6 Å². The molecule has 0 aromatic heterocycles. The van der Waals surface area contributed by atoms with Gasteiger partial charge in [0.15, 0.2) is 23.0 Å². The summed E-state index contributed by atoms with van der Waals surface area (Å²) in [7, 11) is 0. The van der Waals surface area contributed by atoms with Crippen LogP contribution >= 0.6 is 0 Å². The van der Waals surface area contributed by atoms with Crippen molar-refractivity contribution in [1.29, 1.82) is 0 Å². The summed E-state index contributed by atoms with van der Waals surface area (Å²) in [5.41, 5.74) is -1.90. The molecule has 2 aromatic carbocycles. The highest BCUT2D eigenvalue weighted by Gasteiger charge is 2.57. The van der Waals surface area contributed by atoms with E-state index in [1.165, 1.54) is 42.5 Å². The number of carboxylic acid groups (broad SMARTS) is 1. The largest absolute Gasteiger partial charge is 0.504 e. The third kappa shape index (κ3) is 6.18. The molecule has 1 aliphatic rings. The number of carboxylic acids is 1. The van der Waals surface area contributed by atoms with E-state index in [-0.39, 0.29) is 23.5 Å².